The van der Waals surface area contributed by atoms with Crippen LogP contribution in [0.2, 0.25) is 0 Å². The Kier molecular flexibility index (Phi) is 5.29. The summed E-state index contributed by atoms with van der Waals surface area (Å²) in [6.45, 7) is 1.09. The molecule has 1 aromatic carbocycles. The van der Waals surface area contributed by atoms with Crippen LogP contribution in [-0.4, -0.2) is 33.4 Å². The number of carbonyl (C=O) groups excluding carboxylic acids is 1. The van der Waals surface area contributed by atoms with Crippen LogP contribution in [0.15, 0.2) is 18.2 Å². The van der Waals surface area contributed by atoms with E-state index in [0.29, 0.717) is 30.2 Å². The largest absolute Gasteiger partial charge is 0.493 e. The molecule has 2 N–H and O–H groups in total. The highest BCUT2D eigenvalue weighted by molar-refractivity contribution is 5.93. The van der Waals surface area contributed by atoms with Crippen LogP contribution in [0, 0.1) is 0 Å². The van der Waals surface area contributed by atoms with Crippen molar-refractivity contribution in [2.24, 2.45) is 0 Å². The lowest BCUT2D eigenvalue weighted by molar-refractivity contribution is 0.0595. The summed E-state index contributed by atoms with van der Waals surface area (Å²) in [5.41, 5.74) is 6.45. The summed E-state index contributed by atoms with van der Waals surface area (Å²) in [4.78, 5) is 11.5. The molecule has 0 aliphatic carbocycles. The molecule has 5 nitrogen and oxygen atoms in total. The minimum Gasteiger partial charge on any atom is -0.493 e. The van der Waals surface area contributed by atoms with Gasteiger partial charge in [0.25, 0.3) is 0 Å². The highest BCUT2D eigenvalue weighted by Crippen LogP contribution is 2.22. The van der Waals surface area contributed by atoms with Gasteiger partial charge in [-0.25, -0.2) is 4.79 Å². The average Bonchev–Trinajstić information content (AvgIpc) is 2.35. The first-order valence-electron chi connectivity index (χ1n) is 5.28. The Morgan fingerprint density at radius 1 is 1.29 bits per heavy atom. The molecule has 0 spiro atoms. The number of methoxy groups -OCH3 is 2. The van der Waals surface area contributed by atoms with Crippen molar-refractivity contribution in [2.75, 3.05) is 33.2 Å². The minimum atomic E-state index is -0.459. The normalized spacial score (nSPS) is 10.0. The molecule has 0 amide bonds. The molecule has 0 aliphatic heterocycles. The fourth-order valence-electron chi connectivity index (χ4n) is 1.33. The number of anilines is 1. The van der Waals surface area contributed by atoms with Crippen molar-refractivity contribution in [3.63, 3.8) is 0 Å². The van der Waals surface area contributed by atoms with Crippen LogP contribution in [-0.2, 0) is 9.47 Å². The first kappa shape index (κ1) is 13.3. The van der Waals surface area contributed by atoms with E-state index in [1.165, 1.54) is 13.2 Å². The number of hydrogen-bond acceptors (Lipinski definition) is 5. The molecule has 5 heteroatoms. The number of nitrogen functional groups attached to an aromatic ring is 1. The Balaban J connectivity index is 2.72. The van der Waals surface area contributed by atoms with Gasteiger partial charge in [0.15, 0.2) is 0 Å². The maximum atomic E-state index is 11.5. The van der Waals surface area contributed by atoms with Crippen LogP contribution in [0.3, 0.4) is 0 Å². The summed E-state index contributed by atoms with van der Waals surface area (Å²) in [7, 11) is 2.95. The molecule has 1 rings (SSSR count). The quantitative estimate of drug-likeness (QED) is 0.462. The molecule has 0 unspecified atom stereocenters. The maximum Gasteiger partial charge on any atom is 0.341 e. The third-order valence-corrected chi connectivity index (χ3v) is 2.16. The molecule has 0 aromatic heterocycles. The van der Waals surface area contributed by atoms with Gasteiger partial charge in [0.05, 0.1) is 13.7 Å². The van der Waals surface area contributed by atoms with Crippen molar-refractivity contribution in [2.45, 2.75) is 6.42 Å². The molecule has 0 bridgehead atoms. The van der Waals surface area contributed by atoms with E-state index in [4.69, 9.17) is 15.2 Å². The van der Waals surface area contributed by atoms with Crippen LogP contribution in [0.5, 0.6) is 5.75 Å². The monoisotopic (exact) mass is 239 g/mol. The third kappa shape index (κ3) is 3.96. The zero-order valence-corrected chi connectivity index (χ0v) is 10.1. The van der Waals surface area contributed by atoms with E-state index >= 15 is 0 Å². The second-order valence-electron chi connectivity index (χ2n) is 3.44. The van der Waals surface area contributed by atoms with Crippen LogP contribution in [0.25, 0.3) is 0 Å². The van der Waals surface area contributed by atoms with Gasteiger partial charge < -0.3 is 19.9 Å². The number of carbonyl (C=O) groups is 1. The Labute approximate surface area is 100 Å². The van der Waals surface area contributed by atoms with Gasteiger partial charge in [-0.05, 0) is 18.2 Å². The molecule has 0 aliphatic rings. The molecular weight excluding hydrogens is 222 g/mol. The molecule has 0 fully saturated rings. The van der Waals surface area contributed by atoms with E-state index in [2.05, 4.69) is 4.74 Å². The smallest absolute Gasteiger partial charge is 0.341 e. The number of hydrogen-bond donors (Lipinski definition) is 1. The number of esters is 1. The summed E-state index contributed by atoms with van der Waals surface area (Å²) in [5.74, 6) is 0.0150. The van der Waals surface area contributed by atoms with Crippen LogP contribution < -0.4 is 10.5 Å². The summed E-state index contributed by atoms with van der Waals surface area (Å²) in [5, 5.41) is 0. The topological polar surface area (TPSA) is 70.8 Å². The van der Waals surface area contributed by atoms with Crippen molar-refractivity contribution in [1.29, 1.82) is 0 Å². The van der Waals surface area contributed by atoms with Crippen molar-refractivity contribution >= 4 is 11.7 Å². The van der Waals surface area contributed by atoms with E-state index in [1.54, 1.807) is 19.2 Å². The second-order valence-corrected chi connectivity index (χ2v) is 3.44. The van der Waals surface area contributed by atoms with Gasteiger partial charge in [-0.15, -0.1) is 0 Å². The molecule has 0 saturated carbocycles. The van der Waals surface area contributed by atoms with Gasteiger partial charge in [0.2, 0.25) is 0 Å². The lowest BCUT2D eigenvalue weighted by Gasteiger charge is -2.10. The number of nitrogens with two attached hydrogens (primary N) is 1. The summed E-state index contributed by atoms with van der Waals surface area (Å²) >= 11 is 0. The third-order valence-electron chi connectivity index (χ3n) is 2.16. The predicted octanol–water partition coefficient (Wildman–Crippen LogP) is 1.47. The van der Waals surface area contributed by atoms with Gasteiger partial charge in [0.1, 0.15) is 11.3 Å². The fraction of sp³-hybridized carbons (Fsp3) is 0.417. The number of rotatable bonds is 6. The predicted molar refractivity (Wildman–Crippen MR) is 64.2 cm³/mol. The van der Waals surface area contributed by atoms with Crippen LogP contribution in [0.1, 0.15) is 16.8 Å². The molecule has 17 heavy (non-hydrogen) atoms. The molecule has 0 radical (unpaired) electrons. The van der Waals surface area contributed by atoms with Crippen LogP contribution in [0.4, 0.5) is 5.69 Å². The van der Waals surface area contributed by atoms with E-state index < -0.39 is 5.97 Å². The van der Waals surface area contributed by atoms with Crippen molar-refractivity contribution in [3.8, 4) is 5.75 Å². The highest BCUT2D eigenvalue weighted by Gasteiger charge is 2.13. The first-order valence-corrected chi connectivity index (χ1v) is 5.28. The Morgan fingerprint density at radius 2 is 2.06 bits per heavy atom. The Bertz CT molecular complexity index is 379. The van der Waals surface area contributed by atoms with E-state index in [1.807, 2.05) is 0 Å². The van der Waals surface area contributed by atoms with Gasteiger partial charge in [0, 0.05) is 25.8 Å². The molecule has 0 atom stereocenters. The van der Waals surface area contributed by atoms with Crippen LogP contribution >= 0.6 is 0 Å². The zero-order chi connectivity index (χ0) is 12.7. The SMILES string of the molecule is COCCCOc1ccc(N)cc1C(=O)OC. The molecule has 0 heterocycles. The molecular formula is C12H17NO4. The van der Waals surface area contributed by atoms with Crippen molar-refractivity contribution in [1.82, 2.24) is 0 Å². The lowest BCUT2D eigenvalue weighted by atomic mass is 10.2. The van der Waals surface area contributed by atoms with Crippen molar-refractivity contribution in [3.05, 3.63) is 23.8 Å². The number of benzene rings is 1. The Hall–Kier alpha value is -1.75. The highest BCUT2D eigenvalue weighted by atomic mass is 16.5. The summed E-state index contributed by atoms with van der Waals surface area (Å²) in [6.07, 6.45) is 0.751. The van der Waals surface area contributed by atoms with E-state index in [0.717, 1.165) is 6.42 Å². The van der Waals surface area contributed by atoms with E-state index in [9.17, 15) is 4.79 Å². The van der Waals surface area contributed by atoms with Crippen molar-refractivity contribution < 1.29 is 19.0 Å². The maximum absolute atomic E-state index is 11.5. The van der Waals surface area contributed by atoms with Gasteiger partial charge in [-0.3, -0.25) is 0 Å². The summed E-state index contributed by atoms with van der Waals surface area (Å²) in [6, 6.07) is 4.88. The number of ether oxygens (including phenoxy) is 3. The van der Waals surface area contributed by atoms with E-state index in [-0.39, 0.29) is 0 Å². The van der Waals surface area contributed by atoms with Gasteiger partial charge in [-0.1, -0.05) is 0 Å². The zero-order valence-electron chi connectivity index (χ0n) is 10.1. The second kappa shape index (κ2) is 6.75. The molecule has 0 saturated heterocycles. The van der Waals surface area contributed by atoms with Gasteiger partial charge in [-0.2, -0.15) is 0 Å². The standard InChI is InChI=1S/C12H17NO4/c1-15-6-3-7-17-11-5-4-9(13)8-10(11)12(14)16-2/h4-5,8H,3,6-7,13H2,1-2H3. The molecule has 94 valence electrons. The first-order chi connectivity index (χ1) is 8.19. The summed E-state index contributed by atoms with van der Waals surface area (Å²) < 4.78 is 15.0. The Morgan fingerprint density at radius 3 is 2.71 bits per heavy atom. The molecule has 1 aromatic rings. The fourth-order valence-corrected chi connectivity index (χ4v) is 1.33. The lowest BCUT2D eigenvalue weighted by Crippen LogP contribution is -2.08. The van der Waals surface area contributed by atoms with Gasteiger partial charge >= 0.3 is 5.97 Å². The minimum absolute atomic E-state index is 0.338. The average molecular weight is 239 g/mol.